The summed E-state index contributed by atoms with van der Waals surface area (Å²) in [5.41, 5.74) is 7.04. The number of aliphatic carboxylic acids is 1. The van der Waals surface area contributed by atoms with Crippen molar-refractivity contribution in [1.82, 2.24) is 4.90 Å². The molecule has 1 aliphatic rings. The quantitative estimate of drug-likeness (QED) is 0.841. The van der Waals surface area contributed by atoms with E-state index < -0.39 is 18.1 Å². The van der Waals surface area contributed by atoms with Crippen LogP contribution in [0.5, 0.6) is 0 Å². The molecule has 2 rings (SSSR count). The van der Waals surface area contributed by atoms with Crippen molar-refractivity contribution >= 4 is 11.9 Å². The molecule has 0 spiro atoms. The van der Waals surface area contributed by atoms with Gasteiger partial charge < -0.3 is 15.7 Å². The number of nitrogens with zero attached hydrogens (tertiary/aromatic N) is 1. The lowest BCUT2D eigenvalue weighted by Crippen LogP contribution is -2.55. The van der Waals surface area contributed by atoms with Crippen molar-refractivity contribution in [3.8, 4) is 0 Å². The topological polar surface area (TPSA) is 83.6 Å². The summed E-state index contributed by atoms with van der Waals surface area (Å²) >= 11 is 0. The number of nitrogens with two attached hydrogens (primary N) is 1. The van der Waals surface area contributed by atoms with Crippen molar-refractivity contribution in [2.75, 3.05) is 6.54 Å². The van der Waals surface area contributed by atoms with Gasteiger partial charge in [0, 0.05) is 6.54 Å². The van der Waals surface area contributed by atoms with Gasteiger partial charge in [0.05, 0.1) is 6.04 Å². The Bertz CT molecular complexity index is 532. The summed E-state index contributed by atoms with van der Waals surface area (Å²) in [5.74, 6) is -0.794. The predicted octanol–water partition coefficient (Wildman–Crippen LogP) is 2.05. The van der Waals surface area contributed by atoms with Gasteiger partial charge in [-0.1, -0.05) is 50.1 Å². The van der Waals surface area contributed by atoms with Crippen LogP contribution >= 0.6 is 0 Å². The second-order valence-electron chi connectivity index (χ2n) is 6.36. The summed E-state index contributed by atoms with van der Waals surface area (Å²) in [7, 11) is 0. The van der Waals surface area contributed by atoms with E-state index in [1.807, 2.05) is 30.3 Å². The minimum atomic E-state index is -0.925. The number of amides is 1. The molecule has 1 aliphatic heterocycles. The van der Waals surface area contributed by atoms with Gasteiger partial charge in [0.25, 0.3) is 0 Å². The third-order valence-corrected chi connectivity index (χ3v) is 4.59. The van der Waals surface area contributed by atoms with E-state index in [4.69, 9.17) is 5.73 Å². The molecule has 1 aromatic carbocycles. The molecule has 0 radical (unpaired) electrons. The smallest absolute Gasteiger partial charge is 0.326 e. The molecule has 1 heterocycles. The highest BCUT2D eigenvalue weighted by atomic mass is 16.4. The number of likely N-dealkylation sites (tertiary alicyclic amines) is 1. The Labute approximate surface area is 137 Å². The van der Waals surface area contributed by atoms with Gasteiger partial charge in [-0.3, -0.25) is 4.79 Å². The van der Waals surface area contributed by atoms with Crippen LogP contribution < -0.4 is 5.73 Å². The van der Waals surface area contributed by atoms with Crippen LogP contribution in [0.1, 0.15) is 38.2 Å². The Morgan fingerprint density at radius 2 is 2.04 bits per heavy atom. The van der Waals surface area contributed by atoms with Crippen molar-refractivity contribution < 1.29 is 14.7 Å². The average molecular weight is 318 g/mol. The molecule has 1 saturated heterocycles. The van der Waals surface area contributed by atoms with E-state index in [0.717, 1.165) is 24.8 Å². The van der Waals surface area contributed by atoms with Crippen LogP contribution in [0.4, 0.5) is 0 Å². The third kappa shape index (κ3) is 4.55. The van der Waals surface area contributed by atoms with Gasteiger partial charge in [-0.25, -0.2) is 4.79 Å². The molecule has 0 saturated carbocycles. The molecule has 23 heavy (non-hydrogen) atoms. The molecule has 0 bridgehead atoms. The maximum Gasteiger partial charge on any atom is 0.326 e. The molecule has 1 aromatic rings. The number of carboxylic acid groups (broad SMARTS) is 1. The van der Waals surface area contributed by atoms with Gasteiger partial charge >= 0.3 is 5.97 Å². The normalized spacial score (nSPS) is 22.6. The van der Waals surface area contributed by atoms with Crippen LogP contribution in [0.15, 0.2) is 30.3 Å². The van der Waals surface area contributed by atoms with Gasteiger partial charge in [0.2, 0.25) is 5.91 Å². The number of carbonyl (C=O) groups excluding carboxylic acids is 1. The van der Waals surface area contributed by atoms with Crippen LogP contribution in [0, 0.1) is 5.92 Å². The summed E-state index contributed by atoms with van der Waals surface area (Å²) in [4.78, 5) is 25.7. The lowest BCUT2D eigenvalue weighted by molar-refractivity contribution is -0.153. The first kappa shape index (κ1) is 17.5. The number of hydrogen-bond acceptors (Lipinski definition) is 3. The Hall–Kier alpha value is -1.88. The van der Waals surface area contributed by atoms with Crippen molar-refractivity contribution in [3.63, 3.8) is 0 Å². The average Bonchev–Trinajstić information content (AvgIpc) is 2.55. The fourth-order valence-electron chi connectivity index (χ4n) is 3.38. The molecule has 3 unspecified atom stereocenters. The highest BCUT2D eigenvalue weighted by Crippen LogP contribution is 2.27. The molecule has 1 amide bonds. The lowest BCUT2D eigenvalue weighted by Gasteiger charge is -2.38. The van der Waals surface area contributed by atoms with Gasteiger partial charge in [0.15, 0.2) is 0 Å². The van der Waals surface area contributed by atoms with Crippen LogP contribution in [0.2, 0.25) is 0 Å². The molecule has 0 aliphatic carbocycles. The first-order valence-corrected chi connectivity index (χ1v) is 8.35. The number of hydrogen-bond donors (Lipinski definition) is 2. The van der Waals surface area contributed by atoms with Gasteiger partial charge in [-0.15, -0.1) is 0 Å². The van der Waals surface area contributed by atoms with Crippen LogP contribution in [0.25, 0.3) is 0 Å². The van der Waals surface area contributed by atoms with E-state index in [1.54, 1.807) is 0 Å². The SMILES string of the molecule is CCCC1CCN(C(=O)C(N)Cc2ccccc2)C(C(=O)O)C1. The van der Waals surface area contributed by atoms with Gasteiger partial charge in [-0.05, 0) is 30.7 Å². The fourth-order valence-corrected chi connectivity index (χ4v) is 3.38. The fraction of sp³-hybridized carbons (Fsp3) is 0.556. The number of carboxylic acids is 1. The maximum atomic E-state index is 12.6. The van der Waals surface area contributed by atoms with E-state index in [0.29, 0.717) is 25.3 Å². The Morgan fingerprint density at radius 3 is 2.65 bits per heavy atom. The summed E-state index contributed by atoms with van der Waals surface area (Å²) in [6.07, 6.45) is 3.88. The molecule has 126 valence electrons. The number of rotatable bonds is 6. The van der Waals surface area contributed by atoms with E-state index >= 15 is 0 Å². The molecule has 3 N–H and O–H groups in total. The maximum absolute atomic E-state index is 12.6. The molecular formula is C18H26N2O3. The molecular weight excluding hydrogens is 292 g/mol. The van der Waals surface area contributed by atoms with E-state index in [9.17, 15) is 14.7 Å². The summed E-state index contributed by atoms with van der Waals surface area (Å²) in [6, 6.07) is 8.14. The van der Waals surface area contributed by atoms with Crippen LogP contribution in [0.3, 0.4) is 0 Å². The largest absolute Gasteiger partial charge is 0.480 e. The summed E-state index contributed by atoms with van der Waals surface area (Å²) in [6.45, 7) is 2.59. The summed E-state index contributed by atoms with van der Waals surface area (Å²) < 4.78 is 0. The van der Waals surface area contributed by atoms with Crippen molar-refractivity contribution in [1.29, 1.82) is 0 Å². The van der Waals surface area contributed by atoms with Gasteiger partial charge in [-0.2, -0.15) is 0 Å². The molecule has 0 aromatic heterocycles. The van der Waals surface area contributed by atoms with Crippen molar-refractivity contribution in [3.05, 3.63) is 35.9 Å². The lowest BCUT2D eigenvalue weighted by atomic mass is 9.87. The van der Waals surface area contributed by atoms with E-state index in [-0.39, 0.29) is 5.91 Å². The van der Waals surface area contributed by atoms with Crippen LogP contribution in [-0.2, 0) is 16.0 Å². The second-order valence-corrected chi connectivity index (χ2v) is 6.36. The molecule has 5 heteroatoms. The second kappa shape index (κ2) is 8.11. The Morgan fingerprint density at radius 1 is 1.35 bits per heavy atom. The zero-order valence-corrected chi connectivity index (χ0v) is 13.6. The third-order valence-electron chi connectivity index (χ3n) is 4.59. The monoisotopic (exact) mass is 318 g/mol. The van der Waals surface area contributed by atoms with Crippen LogP contribution in [-0.4, -0.2) is 40.5 Å². The summed E-state index contributed by atoms with van der Waals surface area (Å²) in [5, 5.41) is 9.48. The highest BCUT2D eigenvalue weighted by molar-refractivity contribution is 5.87. The molecule has 1 fully saturated rings. The van der Waals surface area contributed by atoms with Crippen molar-refractivity contribution in [2.45, 2.75) is 51.1 Å². The van der Waals surface area contributed by atoms with E-state index in [2.05, 4.69) is 6.92 Å². The Kier molecular flexibility index (Phi) is 6.16. The number of benzene rings is 1. The first-order valence-electron chi connectivity index (χ1n) is 8.35. The highest BCUT2D eigenvalue weighted by Gasteiger charge is 2.37. The first-order chi connectivity index (χ1) is 11.0. The number of carbonyl (C=O) groups is 2. The zero-order chi connectivity index (χ0) is 16.8. The predicted molar refractivity (Wildman–Crippen MR) is 88.9 cm³/mol. The van der Waals surface area contributed by atoms with Crippen molar-refractivity contribution in [2.24, 2.45) is 11.7 Å². The zero-order valence-electron chi connectivity index (χ0n) is 13.6. The standard InChI is InChI=1S/C18H26N2O3/c1-2-6-13-9-10-20(16(12-13)18(22)23)17(21)15(19)11-14-7-4-3-5-8-14/h3-5,7-8,13,15-16H,2,6,9-12,19H2,1H3,(H,22,23). The van der Waals surface area contributed by atoms with E-state index in [1.165, 1.54) is 4.90 Å². The minimum absolute atomic E-state index is 0.254. The number of piperidine rings is 1. The molecule has 5 nitrogen and oxygen atoms in total. The molecule has 3 atom stereocenters. The minimum Gasteiger partial charge on any atom is -0.480 e. The Balaban J connectivity index is 2.03. The van der Waals surface area contributed by atoms with Gasteiger partial charge in [0.1, 0.15) is 6.04 Å².